The van der Waals surface area contributed by atoms with E-state index in [0.717, 1.165) is 36.2 Å². The minimum atomic E-state index is 0.0666. The van der Waals surface area contributed by atoms with Crippen molar-refractivity contribution in [2.75, 3.05) is 13.2 Å². The molecule has 2 N–H and O–H groups in total. The lowest BCUT2D eigenvalue weighted by molar-refractivity contribution is 0.0582. The quantitative estimate of drug-likeness (QED) is 0.839. The number of ether oxygens (including phenoxy) is 1. The van der Waals surface area contributed by atoms with Gasteiger partial charge in [0, 0.05) is 31.0 Å². The first kappa shape index (κ1) is 11.0. The highest BCUT2D eigenvalue weighted by molar-refractivity contribution is 9.10. The maximum atomic E-state index is 6.24. The number of aromatic nitrogens is 1. The van der Waals surface area contributed by atoms with Crippen LogP contribution in [0.5, 0.6) is 0 Å². The van der Waals surface area contributed by atoms with Gasteiger partial charge < -0.3 is 10.5 Å². The van der Waals surface area contributed by atoms with Gasteiger partial charge in [0.05, 0.1) is 0 Å². The average Bonchev–Trinajstić information content (AvgIpc) is 2.30. The number of rotatable bonds is 2. The van der Waals surface area contributed by atoms with E-state index in [9.17, 15) is 0 Å². The van der Waals surface area contributed by atoms with Crippen LogP contribution >= 0.6 is 15.9 Å². The van der Waals surface area contributed by atoms with Gasteiger partial charge in [-0.25, -0.2) is 4.98 Å². The molecule has 0 radical (unpaired) electrons. The Kier molecular flexibility index (Phi) is 3.72. The van der Waals surface area contributed by atoms with Crippen molar-refractivity contribution in [2.45, 2.75) is 18.9 Å². The Morgan fingerprint density at radius 1 is 1.47 bits per heavy atom. The Balaban J connectivity index is 2.12. The fraction of sp³-hybridized carbons (Fsp3) is 0.545. The molecule has 2 rings (SSSR count). The molecule has 1 aliphatic heterocycles. The summed E-state index contributed by atoms with van der Waals surface area (Å²) in [6, 6.07) is 4.04. The van der Waals surface area contributed by atoms with Crippen LogP contribution in [-0.2, 0) is 4.74 Å². The van der Waals surface area contributed by atoms with Crippen molar-refractivity contribution in [1.29, 1.82) is 0 Å². The van der Waals surface area contributed by atoms with Gasteiger partial charge in [-0.05, 0) is 40.8 Å². The van der Waals surface area contributed by atoms with Gasteiger partial charge in [-0.3, -0.25) is 0 Å². The Hall–Kier alpha value is -0.450. The smallest absolute Gasteiger partial charge is 0.110 e. The zero-order chi connectivity index (χ0) is 10.7. The predicted molar refractivity (Wildman–Crippen MR) is 62.4 cm³/mol. The summed E-state index contributed by atoms with van der Waals surface area (Å²) in [5.74, 6) is 0.513. The molecule has 82 valence electrons. The van der Waals surface area contributed by atoms with Crippen molar-refractivity contribution < 1.29 is 4.74 Å². The molecule has 3 nitrogen and oxygen atoms in total. The summed E-state index contributed by atoms with van der Waals surface area (Å²) in [5, 5.41) is 0. The van der Waals surface area contributed by atoms with Gasteiger partial charge in [-0.1, -0.05) is 6.07 Å². The average molecular weight is 271 g/mol. The molecule has 1 fully saturated rings. The maximum absolute atomic E-state index is 6.24. The van der Waals surface area contributed by atoms with Crippen molar-refractivity contribution in [1.82, 2.24) is 4.98 Å². The third kappa shape index (κ3) is 2.56. The third-order valence-electron chi connectivity index (χ3n) is 2.92. The highest BCUT2D eigenvalue weighted by atomic mass is 79.9. The van der Waals surface area contributed by atoms with E-state index in [4.69, 9.17) is 10.5 Å². The first-order valence-electron chi connectivity index (χ1n) is 5.23. The zero-order valence-electron chi connectivity index (χ0n) is 8.53. The summed E-state index contributed by atoms with van der Waals surface area (Å²) >= 11 is 3.44. The third-order valence-corrected chi connectivity index (χ3v) is 3.58. The van der Waals surface area contributed by atoms with E-state index >= 15 is 0 Å². The van der Waals surface area contributed by atoms with E-state index in [0.29, 0.717) is 5.92 Å². The zero-order valence-corrected chi connectivity index (χ0v) is 10.1. The molecule has 1 aromatic rings. The molecule has 1 atom stereocenters. The minimum Gasteiger partial charge on any atom is -0.381 e. The number of pyridine rings is 1. The SMILES string of the molecule is N[C@@H](c1cccnc1Br)C1CCOCC1. The molecule has 2 heterocycles. The van der Waals surface area contributed by atoms with Crippen LogP contribution in [0.1, 0.15) is 24.4 Å². The van der Waals surface area contributed by atoms with Gasteiger partial charge in [0.2, 0.25) is 0 Å². The molecule has 1 aliphatic rings. The minimum absolute atomic E-state index is 0.0666. The van der Waals surface area contributed by atoms with Crippen molar-refractivity contribution in [3.8, 4) is 0 Å². The van der Waals surface area contributed by atoms with Crippen LogP contribution in [0.15, 0.2) is 22.9 Å². The molecule has 15 heavy (non-hydrogen) atoms. The number of nitrogens with two attached hydrogens (primary N) is 1. The fourth-order valence-electron chi connectivity index (χ4n) is 1.98. The lowest BCUT2D eigenvalue weighted by atomic mass is 9.88. The molecular weight excluding hydrogens is 256 g/mol. The lowest BCUT2D eigenvalue weighted by Crippen LogP contribution is -2.27. The van der Waals surface area contributed by atoms with E-state index in [2.05, 4.69) is 20.9 Å². The van der Waals surface area contributed by atoms with Crippen LogP contribution in [0, 0.1) is 5.92 Å². The van der Waals surface area contributed by atoms with Gasteiger partial charge in [0.25, 0.3) is 0 Å². The topological polar surface area (TPSA) is 48.1 Å². The second-order valence-corrected chi connectivity index (χ2v) is 4.61. The highest BCUT2D eigenvalue weighted by Crippen LogP contribution is 2.30. The van der Waals surface area contributed by atoms with E-state index < -0.39 is 0 Å². The van der Waals surface area contributed by atoms with Gasteiger partial charge in [-0.2, -0.15) is 0 Å². The maximum Gasteiger partial charge on any atom is 0.110 e. The number of hydrogen-bond acceptors (Lipinski definition) is 3. The van der Waals surface area contributed by atoms with E-state index in [1.807, 2.05) is 12.1 Å². The molecule has 0 aromatic carbocycles. The molecule has 4 heteroatoms. The lowest BCUT2D eigenvalue weighted by Gasteiger charge is -2.28. The summed E-state index contributed by atoms with van der Waals surface area (Å²) in [4.78, 5) is 4.20. The van der Waals surface area contributed by atoms with Crippen LogP contribution in [-0.4, -0.2) is 18.2 Å². The van der Waals surface area contributed by atoms with Crippen LogP contribution in [0.2, 0.25) is 0 Å². The second-order valence-electron chi connectivity index (χ2n) is 3.86. The largest absolute Gasteiger partial charge is 0.381 e. The molecule has 0 aliphatic carbocycles. The van der Waals surface area contributed by atoms with Crippen LogP contribution in [0.25, 0.3) is 0 Å². The predicted octanol–water partition coefficient (Wildman–Crippen LogP) is 2.27. The normalized spacial score (nSPS) is 20.1. The van der Waals surface area contributed by atoms with Crippen molar-refractivity contribution in [3.05, 3.63) is 28.5 Å². The number of nitrogens with zero attached hydrogens (tertiary/aromatic N) is 1. The van der Waals surface area contributed by atoms with Gasteiger partial charge >= 0.3 is 0 Å². The summed E-state index contributed by atoms with van der Waals surface area (Å²) in [7, 11) is 0. The molecule has 0 unspecified atom stereocenters. The summed E-state index contributed by atoms with van der Waals surface area (Å²) in [6.45, 7) is 1.66. The van der Waals surface area contributed by atoms with Crippen LogP contribution in [0.3, 0.4) is 0 Å². The first-order chi connectivity index (χ1) is 7.29. The van der Waals surface area contributed by atoms with Crippen molar-refractivity contribution in [2.24, 2.45) is 11.7 Å². The molecule has 1 aromatic heterocycles. The first-order valence-corrected chi connectivity index (χ1v) is 6.02. The molecule has 0 spiro atoms. The molecule has 1 saturated heterocycles. The molecule has 0 saturated carbocycles. The summed E-state index contributed by atoms with van der Waals surface area (Å²) in [6.07, 6.45) is 3.86. The Labute approximate surface area is 98.2 Å². The number of halogens is 1. The Morgan fingerprint density at radius 3 is 2.87 bits per heavy atom. The van der Waals surface area contributed by atoms with Crippen LogP contribution < -0.4 is 5.73 Å². The molecule has 0 bridgehead atoms. The summed E-state index contributed by atoms with van der Waals surface area (Å²) in [5.41, 5.74) is 7.35. The Bertz CT molecular complexity index is 326. The van der Waals surface area contributed by atoms with Gasteiger partial charge in [0.1, 0.15) is 4.60 Å². The number of hydrogen-bond donors (Lipinski definition) is 1. The monoisotopic (exact) mass is 270 g/mol. The van der Waals surface area contributed by atoms with Crippen molar-refractivity contribution >= 4 is 15.9 Å². The van der Waals surface area contributed by atoms with E-state index in [1.54, 1.807) is 6.20 Å². The van der Waals surface area contributed by atoms with Crippen LogP contribution in [0.4, 0.5) is 0 Å². The second kappa shape index (κ2) is 5.05. The van der Waals surface area contributed by atoms with E-state index in [-0.39, 0.29) is 6.04 Å². The Morgan fingerprint density at radius 2 is 2.20 bits per heavy atom. The highest BCUT2D eigenvalue weighted by Gasteiger charge is 2.23. The van der Waals surface area contributed by atoms with Gasteiger partial charge in [-0.15, -0.1) is 0 Å². The van der Waals surface area contributed by atoms with Gasteiger partial charge in [0.15, 0.2) is 0 Å². The molecular formula is C11H15BrN2O. The van der Waals surface area contributed by atoms with Crippen molar-refractivity contribution in [3.63, 3.8) is 0 Å². The van der Waals surface area contributed by atoms with E-state index in [1.165, 1.54) is 0 Å². The summed E-state index contributed by atoms with van der Waals surface area (Å²) < 4.78 is 6.20. The molecule has 0 amide bonds. The standard InChI is InChI=1S/C11H15BrN2O/c12-11-9(2-1-5-14-11)10(13)8-3-6-15-7-4-8/h1-2,5,8,10H,3-4,6-7,13H2/t10-/m1/s1. The fourth-order valence-corrected chi connectivity index (χ4v) is 2.49.